The molecule has 1 fully saturated rings. The predicted molar refractivity (Wildman–Crippen MR) is 88.3 cm³/mol. The lowest BCUT2D eigenvalue weighted by Crippen LogP contribution is -2.41. The number of sulfone groups is 1. The third-order valence-electron chi connectivity index (χ3n) is 4.22. The van der Waals surface area contributed by atoms with Crippen molar-refractivity contribution in [2.24, 2.45) is 0 Å². The lowest BCUT2D eigenvalue weighted by atomic mass is 10.1. The van der Waals surface area contributed by atoms with Crippen LogP contribution in [-0.2, 0) is 15.6 Å². The Hall–Kier alpha value is -0.870. The van der Waals surface area contributed by atoms with Crippen LogP contribution in [0.3, 0.4) is 0 Å². The smallest absolute Gasteiger partial charge is 0.158 e. The average Bonchev–Trinajstić information content (AvgIpc) is 2.83. The molecule has 2 unspecified atom stereocenters. The van der Waals surface area contributed by atoms with Crippen LogP contribution >= 0.6 is 0 Å². The van der Waals surface area contributed by atoms with E-state index in [9.17, 15) is 8.42 Å². The van der Waals surface area contributed by atoms with Crippen molar-refractivity contribution in [3.8, 4) is 0 Å². The summed E-state index contributed by atoms with van der Waals surface area (Å²) in [5.74, 6) is 0.171. The standard InChI is InChI=1S/C17H27NO2S/c1-4-8-18-16-6-5-7-17(16)21(19,20)12-15-10-13(2)9-14(3)11-15/h9-11,16-18H,4-8,12H2,1-3H3. The summed E-state index contributed by atoms with van der Waals surface area (Å²) in [6.07, 6.45) is 3.84. The van der Waals surface area contributed by atoms with E-state index < -0.39 is 9.84 Å². The van der Waals surface area contributed by atoms with Gasteiger partial charge in [-0.2, -0.15) is 0 Å². The summed E-state index contributed by atoms with van der Waals surface area (Å²) in [6.45, 7) is 7.05. The monoisotopic (exact) mass is 309 g/mol. The van der Waals surface area contributed by atoms with Gasteiger partial charge in [-0.25, -0.2) is 8.42 Å². The maximum Gasteiger partial charge on any atom is 0.158 e. The van der Waals surface area contributed by atoms with Gasteiger partial charge in [0.05, 0.1) is 11.0 Å². The van der Waals surface area contributed by atoms with Crippen LogP contribution in [0.1, 0.15) is 49.3 Å². The summed E-state index contributed by atoms with van der Waals surface area (Å²) in [6, 6.07) is 6.21. The van der Waals surface area contributed by atoms with Gasteiger partial charge in [-0.05, 0) is 45.2 Å². The summed E-state index contributed by atoms with van der Waals surface area (Å²) >= 11 is 0. The van der Waals surface area contributed by atoms with Crippen molar-refractivity contribution in [1.82, 2.24) is 5.32 Å². The third-order valence-corrected chi connectivity index (χ3v) is 6.44. The molecule has 0 saturated heterocycles. The molecule has 0 aromatic heterocycles. The van der Waals surface area contributed by atoms with E-state index >= 15 is 0 Å². The Bertz CT molecular complexity index is 560. The van der Waals surface area contributed by atoms with Crippen LogP contribution in [0, 0.1) is 13.8 Å². The molecular weight excluding hydrogens is 282 g/mol. The molecular formula is C17H27NO2S. The van der Waals surface area contributed by atoms with E-state index in [1.165, 1.54) is 0 Å². The van der Waals surface area contributed by atoms with Crippen LogP contribution in [0.5, 0.6) is 0 Å². The van der Waals surface area contributed by atoms with E-state index in [0.717, 1.165) is 48.9 Å². The Morgan fingerprint density at radius 3 is 2.43 bits per heavy atom. The molecule has 2 rings (SSSR count). The molecule has 1 aliphatic carbocycles. The van der Waals surface area contributed by atoms with Gasteiger partial charge in [0.2, 0.25) is 0 Å². The molecule has 1 aliphatic rings. The van der Waals surface area contributed by atoms with Gasteiger partial charge in [0, 0.05) is 6.04 Å². The van der Waals surface area contributed by atoms with Crippen LogP contribution in [0.2, 0.25) is 0 Å². The van der Waals surface area contributed by atoms with E-state index in [1.807, 2.05) is 26.0 Å². The predicted octanol–water partition coefficient (Wildman–Crippen LogP) is 3.14. The fourth-order valence-corrected chi connectivity index (χ4v) is 5.51. The van der Waals surface area contributed by atoms with Crippen molar-refractivity contribution in [2.45, 2.75) is 63.5 Å². The normalized spacial score (nSPS) is 22.6. The molecule has 21 heavy (non-hydrogen) atoms. The van der Waals surface area contributed by atoms with Crippen molar-refractivity contribution >= 4 is 9.84 Å². The zero-order valence-electron chi connectivity index (χ0n) is 13.4. The molecule has 3 nitrogen and oxygen atoms in total. The molecule has 0 amide bonds. The third kappa shape index (κ3) is 4.30. The van der Waals surface area contributed by atoms with Crippen LogP contribution in [-0.4, -0.2) is 26.3 Å². The second-order valence-electron chi connectivity index (χ2n) is 6.33. The minimum Gasteiger partial charge on any atom is -0.313 e. The Morgan fingerprint density at radius 2 is 1.81 bits per heavy atom. The van der Waals surface area contributed by atoms with E-state index in [0.29, 0.717) is 0 Å². The number of hydrogen-bond donors (Lipinski definition) is 1. The highest BCUT2D eigenvalue weighted by atomic mass is 32.2. The lowest BCUT2D eigenvalue weighted by Gasteiger charge is -2.21. The highest BCUT2D eigenvalue weighted by molar-refractivity contribution is 7.91. The summed E-state index contributed by atoms with van der Waals surface area (Å²) in [5, 5.41) is 3.20. The second kappa shape index (κ2) is 6.93. The fraction of sp³-hybridized carbons (Fsp3) is 0.647. The van der Waals surface area contributed by atoms with Gasteiger partial charge in [0.25, 0.3) is 0 Å². The molecule has 118 valence electrons. The minimum atomic E-state index is -3.09. The number of nitrogens with one attached hydrogen (secondary N) is 1. The Labute approximate surface area is 129 Å². The first-order valence-electron chi connectivity index (χ1n) is 7.94. The number of rotatable bonds is 6. The highest BCUT2D eigenvalue weighted by Gasteiger charge is 2.36. The zero-order valence-corrected chi connectivity index (χ0v) is 14.2. The SMILES string of the molecule is CCCNC1CCCC1S(=O)(=O)Cc1cc(C)cc(C)c1. The van der Waals surface area contributed by atoms with Crippen LogP contribution in [0.15, 0.2) is 18.2 Å². The maximum absolute atomic E-state index is 12.8. The molecule has 1 aromatic carbocycles. The Morgan fingerprint density at radius 1 is 1.14 bits per heavy atom. The first-order valence-corrected chi connectivity index (χ1v) is 9.66. The van der Waals surface area contributed by atoms with Crippen molar-refractivity contribution in [2.75, 3.05) is 6.54 Å². The zero-order chi connectivity index (χ0) is 15.5. The number of aryl methyl sites for hydroxylation is 2. The molecule has 0 radical (unpaired) electrons. The molecule has 0 spiro atoms. The Balaban J connectivity index is 2.13. The highest BCUT2D eigenvalue weighted by Crippen LogP contribution is 2.28. The summed E-state index contributed by atoms with van der Waals surface area (Å²) in [5.41, 5.74) is 3.19. The van der Waals surface area contributed by atoms with Gasteiger partial charge in [-0.1, -0.05) is 42.7 Å². The topological polar surface area (TPSA) is 46.2 Å². The lowest BCUT2D eigenvalue weighted by molar-refractivity contribution is 0.504. The van der Waals surface area contributed by atoms with Crippen molar-refractivity contribution in [3.05, 3.63) is 34.9 Å². The van der Waals surface area contributed by atoms with Crippen molar-refractivity contribution < 1.29 is 8.42 Å². The van der Waals surface area contributed by atoms with E-state index in [-0.39, 0.29) is 17.0 Å². The largest absolute Gasteiger partial charge is 0.313 e. The van der Waals surface area contributed by atoms with E-state index in [2.05, 4.69) is 18.3 Å². The molecule has 1 N–H and O–H groups in total. The van der Waals surface area contributed by atoms with Gasteiger partial charge < -0.3 is 5.32 Å². The van der Waals surface area contributed by atoms with Crippen LogP contribution in [0.4, 0.5) is 0 Å². The first-order chi connectivity index (χ1) is 9.92. The Kier molecular flexibility index (Phi) is 5.44. The number of hydrogen-bond acceptors (Lipinski definition) is 3. The van der Waals surface area contributed by atoms with Crippen molar-refractivity contribution in [3.63, 3.8) is 0 Å². The van der Waals surface area contributed by atoms with Gasteiger partial charge in [0.15, 0.2) is 9.84 Å². The molecule has 0 bridgehead atoms. The summed E-state index contributed by atoms with van der Waals surface area (Å²) in [4.78, 5) is 0. The molecule has 2 atom stereocenters. The van der Waals surface area contributed by atoms with E-state index in [1.54, 1.807) is 0 Å². The van der Waals surface area contributed by atoms with Gasteiger partial charge >= 0.3 is 0 Å². The first kappa shape index (κ1) is 16.5. The molecule has 0 heterocycles. The van der Waals surface area contributed by atoms with Gasteiger partial charge in [-0.15, -0.1) is 0 Å². The van der Waals surface area contributed by atoms with Crippen LogP contribution < -0.4 is 5.32 Å². The molecule has 1 saturated carbocycles. The van der Waals surface area contributed by atoms with E-state index in [4.69, 9.17) is 0 Å². The van der Waals surface area contributed by atoms with Crippen LogP contribution in [0.25, 0.3) is 0 Å². The fourth-order valence-electron chi connectivity index (χ4n) is 3.41. The second-order valence-corrected chi connectivity index (χ2v) is 8.55. The average molecular weight is 309 g/mol. The van der Waals surface area contributed by atoms with Crippen molar-refractivity contribution in [1.29, 1.82) is 0 Å². The summed E-state index contributed by atoms with van der Waals surface area (Å²) in [7, 11) is -3.09. The molecule has 1 aromatic rings. The van der Waals surface area contributed by atoms with Gasteiger partial charge in [-0.3, -0.25) is 0 Å². The molecule has 4 heteroatoms. The minimum absolute atomic E-state index is 0.140. The number of benzene rings is 1. The molecule has 0 aliphatic heterocycles. The summed E-state index contributed by atoms with van der Waals surface area (Å²) < 4.78 is 25.5. The quantitative estimate of drug-likeness (QED) is 0.878. The van der Waals surface area contributed by atoms with Gasteiger partial charge in [0.1, 0.15) is 0 Å². The maximum atomic E-state index is 12.8.